The lowest BCUT2D eigenvalue weighted by Gasteiger charge is -2.23. The zero-order chi connectivity index (χ0) is 25.5. The number of benzene rings is 2. The van der Waals surface area contributed by atoms with Gasteiger partial charge in [-0.3, -0.25) is 9.59 Å². The van der Waals surface area contributed by atoms with Crippen LogP contribution in [0.4, 0.5) is 0 Å². The number of aromatic amines is 2. The van der Waals surface area contributed by atoms with Crippen molar-refractivity contribution in [2.75, 3.05) is 0 Å². The van der Waals surface area contributed by atoms with E-state index in [2.05, 4.69) is 25.6 Å². The molecule has 2 amide bonds. The van der Waals surface area contributed by atoms with Crippen LogP contribution in [0, 0.1) is 0 Å². The largest absolute Gasteiger partial charge is 0.480 e. The molecule has 0 radical (unpaired) electrons. The van der Waals surface area contributed by atoms with Crippen molar-refractivity contribution in [2.24, 2.45) is 5.73 Å². The number of nitrogens with zero attached hydrogens (tertiary/aromatic N) is 1. The number of carboxylic acid groups (broad SMARTS) is 1. The Labute approximate surface area is 207 Å². The van der Waals surface area contributed by atoms with Crippen molar-refractivity contribution in [1.29, 1.82) is 0 Å². The van der Waals surface area contributed by atoms with Gasteiger partial charge in [0, 0.05) is 41.8 Å². The van der Waals surface area contributed by atoms with Crippen molar-refractivity contribution in [3.63, 3.8) is 0 Å². The number of aromatic nitrogens is 3. The number of fused-ring (bicyclic) bond motifs is 1. The molecule has 2 heterocycles. The van der Waals surface area contributed by atoms with Gasteiger partial charge in [-0.25, -0.2) is 9.78 Å². The third-order valence-electron chi connectivity index (χ3n) is 5.96. The molecular formula is C26H28N6O4. The van der Waals surface area contributed by atoms with Gasteiger partial charge in [-0.2, -0.15) is 0 Å². The van der Waals surface area contributed by atoms with Crippen LogP contribution in [0.5, 0.6) is 0 Å². The zero-order valence-electron chi connectivity index (χ0n) is 19.5. The second kappa shape index (κ2) is 11.3. The van der Waals surface area contributed by atoms with Crippen LogP contribution < -0.4 is 16.4 Å². The first-order valence-electron chi connectivity index (χ1n) is 11.6. The average molecular weight is 489 g/mol. The van der Waals surface area contributed by atoms with Gasteiger partial charge in [-0.15, -0.1) is 0 Å². The second-order valence-electron chi connectivity index (χ2n) is 8.60. The Morgan fingerprint density at radius 1 is 0.889 bits per heavy atom. The van der Waals surface area contributed by atoms with Gasteiger partial charge in [0.1, 0.15) is 12.1 Å². The summed E-state index contributed by atoms with van der Waals surface area (Å²) in [6.07, 6.45) is 5.17. The van der Waals surface area contributed by atoms with E-state index in [1.807, 2.05) is 54.6 Å². The molecule has 2 aromatic heterocycles. The smallest absolute Gasteiger partial charge is 0.326 e. The minimum absolute atomic E-state index is 0.0162. The molecule has 0 aliphatic rings. The molecule has 4 aromatic rings. The molecule has 36 heavy (non-hydrogen) atoms. The maximum atomic E-state index is 13.3. The summed E-state index contributed by atoms with van der Waals surface area (Å²) < 4.78 is 0. The molecule has 0 spiro atoms. The van der Waals surface area contributed by atoms with E-state index >= 15 is 0 Å². The van der Waals surface area contributed by atoms with Crippen LogP contribution in [-0.2, 0) is 33.6 Å². The normalized spacial score (nSPS) is 13.6. The van der Waals surface area contributed by atoms with Crippen molar-refractivity contribution >= 4 is 28.7 Å². The van der Waals surface area contributed by atoms with Gasteiger partial charge in [-0.05, 0) is 23.6 Å². The molecular weight excluding hydrogens is 460 g/mol. The van der Waals surface area contributed by atoms with E-state index in [0.717, 1.165) is 22.0 Å². The Bertz CT molecular complexity index is 1320. The molecule has 3 atom stereocenters. The van der Waals surface area contributed by atoms with Crippen molar-refractivity contribution in [3.05, 3.63) is 90.1 Å². The van der Waals surface area contributed by atoms with Crippen molar-refractivity contribution < 1.29 is 19.5 Å². The Hall–Kier alpha value is -4.44. The number of amides is 2. The van der Waals surface area contributed by atoms with E-state index in [-0.39, 0.29) is 12.8 Å². The molecule has 0 bridgehead atoms. The van der Waals surface area contributed by atoms with Gasteiger partial charge in [0.05, 0.1) is 12.4 Å². The molecule has 0 saturated heterocycles. The lowest BCUT2D eigenvalue weighted by atomic mass is 10.0. The first-order valence-corrected chi connectivity index (χ1v) is 11.6. The summed E-state index contributed by atoms with van der Waals surface area (Å²) in [4.78, 5) is 48.0. The maximum Gasteiger partial charge on any atom is 0.326 e. The molecule has 10 heteroatoms. The van der Waals surface area contributed by atoms with Gasteiger partial charge < -0.3 is 31.4 Å². The fourth-order valence-corrected chi connectivity index (χ4v) is 4.06. The molecule has 2 aromatic carbocycles. The Balaban J connectivity index is 1.52. The monoisotopic (exact) mass is 488 g/mol. The minimum Gasteiger partial charge on any atom is -0.480 e. The summed E-state index contributed by atoms with van der Waals surface area (Å²) in [5.41, 5.74) is 9.30. The summed E-state index contributed by atoms with van der Waals surface area (Å²) in [6.45, 7) is 0. The standard InChI is InChI=1S/C26H28N6O4/c27-20(10-16-6-2-1-3-7-16)24(33)31-22(11-17-13-29-21-9-5-4-8-19(17)21)25(34)32-23(26(35)36)12-18-14-28-15-30-18/h1-9,13-15,20,22-23,29H,10-12,27H2,(H,28,30)(H,31,33)(H,32,34)(H,35,36)/t20-,22-,23-/m0/s1. The third-order valence-corrected chi connectivity index (χ3v) is 5.96. The fraction of sp³-hybridized carbons (Fsp3) is 0.231. The summed E-state index contributed by atoms with van der Waals surface area (Å²) in [7, 11) is 0. The topological polar surface area (TPSA) is 166 Å². The van der Waals surface area contributed by atoms with Gasteiger partial charge >= 0.3 is 5.97 Å². The summed E-state index contributed by atoms with van der Waals surface area (Å²) in [5, 5.41) is 15.9. The highest BCUT2D eigenvalue weighted by Gasteiger charge is 2.29. The first kappa shape index (κ1) is 24.7. The summed E-state index contributed by atoms with van der Waals surface area (Å²) in [5.74, 6) is -2.32. The van der Waals surface area contributed by atoms with Gasteiger partial charge in [0.25, 0.3) is 0 Å². The van der Waals surface area contributed by atoms with Gasteiger partial charge in [0.15, 0.2) is 0 Å². The van der Waals surface area contributed by atoms with Crippen molar-refractivity contribution in [3.8, 4) is 0 Å². The quantitative estimate of drug-likeness (QED) is 0.186. The number of aliphatic carboxylic acids is 1. The molecule has 4 rings (SSSR count). The highest BCUT2D eigenvalue weighted by molar-refractivity contribution is 5.93. The first-order chi connectivity index (χ1) is 17.4. The number of carboxylic acids is 1. The highest BCUT2D eigenvalue weighted by Crippen LogP contribution is 2.19. The SMILES string of the molecule is N[C@@H](Cc1ccccc1)C(=O)N[C@@H](Cc1c[nH]c2ccccc12)C(=O)N[C@@H](Cc1cnc[nH]1)C(=O)O. The Morgan fingerprint density at radius 2 is 1.61 bits per heavy atom. The number of hydrogen-bond donors (Lipinski definition) is 6. The molecule has 0 saturated carbocycles. The molecule has 7 N–H and O–H groups in total. The Kier molecular flexibility index (Phi) is 7.76. The molecule has 0 fully saturated rings. The molecule has 0 aliphatic carbocycles. The van der Waals surface area contributed by atoms with Crippen LogP contribution in [-0.4, -0.2) is 56.0 Å². The maximum absolute atomic E-state index is 13.3. The minimum atomic E-state index is -1.21. The predicted molar refractivity (Wildman–Crippen MR) is 134 cm³/mol. The lowest BCUT2D eigenvalue weighted by molar-refractivity contribution is -0.142. The van der Waals surface area contributed by atoms with Crippen LogP contribution in [0.25, 0.3) is 10.9 Å². The van der Waals surface area contributed by atoms with E-state index in [0.29, 0.717) is 12.1 Å². The van der Waals surface area contributed by atoms with Gasteiger partial charge in [-0.1, -0.05) is 48.5 Å². The summed E-state index contributed by atoms with van der Waals surface area (Å²) >= 11 is 0. The number of nitrogens with one attached hydrogen (secondary N) is 4. The average Bonchev–Trinajstić information content (AvgIpc) is 3.54. The number of H-pyrrole nitrogens is 2. The fourth-order valence-electron chi connectivity index (χ4n) is 4.06. The molecule has 0 unspecified atom stereocenters. The molecule has 10 nitrogen and oxygen atoms in total. The predicted octanol–water partition coefficient (Wildman–Crippen LogP) is 1.30. The number of carbonyl (C=O) groups excluding carboxylic acids is 2. The van der Waals surface area contributed by atoms with E-state index < -0.39 is 35.9 Å². The molecule has 0 aliphatic heterocycles. The third kappa shape index (κ3) is 6.16. The van der Waals surface area contributed by atoms with Gasteiger partial charge in [0.2, 0.25) is 11.8 Å². The number of carbonyl (C=O) groups is 3. The summed E-state index contributed by atoms with van der Waals surface area (Å²) in [6, 6.07) is 13.8. The van der Waals surface area contributed by atoms with Crippen LogP contribution in [0.15, 0.2) is 73.3 Å². The number of rotatable bonds is 11. The van der Waals surface area contributed by atoms with Crippen LogP contribution in [0.2, 0.25) is 0 Å². The van der Waals surface area contributed by atoms with Crippen LogP contribution in [0.1, 0.15) is 16.8 Å². The number of hydrogen-bond acceptors (Lipinski definition) is 5. The number of imidazole rings is 1. The van der Waals surface area contributed by atoms with E-state index in [1.54, 1.807) is 6.20 Å². The highest BCUT2D eigenvalue weighted by atomic mass is 16.4. The number of para-hydroxylation sites is 1. The second-order valence-corrected chi connectivity index (χ2v) is 8.60. The van der Waals surface area contributed by atoms with Crippen molar-refractivity contribution in [2.45, 2.75) is 37.4 Å². The van der Waals surface area contributed by atoms with E-state index in [9.17, 15) is 19.5 Å². The lowest BCUT2D eigenvalue weighted by Crippen LogP contribution is -2.55. The van der Waals surface area contributed by atoms with Crippen LogP contribution in [0.3, 0.4) is 0 Å². The molecule has 186 valence electrons. The van der Waals surface area contributed by atoms with E-state index in [4.69, 9.17) is 5.73 Å². The van der Waals surface area contributed by atoms with E-state index in [1.165, 1.54) is 12.5 Å². The zero-order valence-corrected chi connectivity index (χ0v) is 19.5. The Morgan fingerprint density at radius 3 is 2.33 bits per heavy atom. The van der Waals surface area contributed by atoms with Crippen LogP contribution >= 0.6 is 0 Å². The number of nitrogens with two attached hydrogens (primary N) is 1. The van der Waals surface area contributed by atoms with Crippen molar-refractivity contribution in [1.82, 2.24) is 25.6 Å².